The second-order valence-corrected chi connectivity index (χ2v) is 3.35. The molecule has 0 saturated carbocycles. The topological polar surface area (TPSA) is 35.8 Å². The summed E-state index contributed by atoms with van der Waals surface area (Å²) in [7, 11) is 0. The smallest absolute Gasteiger partial charge is 0.0992 e. The van der Waals surface area contributed by atoms with E-state index < -0.39 is 0 Å². The highest BCUT2D eigenvalue weighted by atomic mass is 14.9. The van der Waals surface area contributed by atoms with Crippen LogP contribution in [0.3, 0.4) is 0 Å². The fourth-order valence-corrected chi connectivity index (χ4v) is 1.41. The van der Waals surface area contributed by atoms with Gasteiger partial charge in [0.2, 0.25) is 0 Å². The molecule has 0 aromatic heterocycles. The lowest BCUT2D eigenvalue weighted by Crippen LogP contribution is -2.16. The Labute approximate surface area is 85.6 Å². The molecule has 0 aliphatic rings. The Hall–Kier alpha value is -1.49. The molecular weight excluding hydrogens is 172 g/mol. The van der Waals surface area contributed by atoms with E-state index in [2.05, 4.69) is 25.2 Å². The van der Waals surface area contributed by atoms with Crippen molar-refractivity contribution < 1.29 is 0 Å². The monoisotopic (exact) mass is 188 g/mol. The van der Waals surface area contributed by atoms with Crippen LogP contribution < -0.4 is 5.32 Å². The molecule has 1 N–H and O–H groups in total. The SMILES string of the molecule is CCC(CC)Nc1cccc(C#N)c1. The zero-order valence-corrected chi connectivity index (χ0v) is 8.75. The van der Waals surface area contributed by atoms with E-state index in [-0.39, 0.29) is 0 Å². The van der Waals surface area contributed by atoms with Gasteiger partial charge in [-0.3, -0.25) is 0 Å². The van der Waals surface area contributed by atoms with Crippen LogP contribution in [0.2, 0.25) is 0 Å². The van der Waals surface area contributed by atoms with Gasteiger partial charge in [0.1, 0.15) is 0 Å². The molecule has 1 rings (SSSR count). The summed E-state index contributed by atoms with van der Waals surface area (Å²) in [4.78, 5) is 0. The molecule has 74 valence electrons. The maximum absolute atomic E-state index is 8.73. The van der Waals surface area contributed by atoms with Crippen LogP contribution >= 0.6 is 0 Å². The fraction of sp³-hybridized carbons (Fsp3) is 0.417. The number of anilines is 1. The van der Waals surface area contributed by atoms with E-state index in [4.69, 9.17) is 5.26 Å². The van der Waals surface area contributed by atoms with Crippen molar-refractivity contribution in [3.63, 3.8) is 0 Å². The van der Waals surface area contributed by atoms with E-state index >= 15 is 0 Å². The van der Waals surface area contributed by atoms with Gasteiger partial charge in [-0.25, -0.2) is 0 Å². The molecule has 0 bridgehead atoms. The van der Waals surface area contributed by atoms with E-state index in [9.17, 15) is 0 Å². The molecule has 0 aliphatic carbocycles. The predicted octanol–water partition coefficient (Wildman–Crippen LogP) is 3.16. The summed E-state index contributed by atoms with van der Waals surface area (Å²) in [6.07, 6.45) is 2.21. The minimum Gasteiger partial charge on any atom is -0.382 e. The van der Waals surface area contributed by atoms with Crippen molar-refractivity contribution in [1.82, 2.24) is 0 Å². The molecule has 0 unspecified atom stereocenters. The summed E-state index contributed by atoms with van der Waals surface area (Å²) in [6.45, 7) is 4.32. The van der Waals surface area contributed by atoms with Gasteiger partial charge >= 0.3 is 0 Å². The molecule has 0 saturated heterocycles. The van der Waals surface area contributed by atoms with Crippen molar-refractivity contribution in [3.8, 4) is 6.07 Å². The van der Waals surface area contributed by atoms with Crippen molar-refractivity contribution in [1.29, 1.82) is 5.26 Å². The molecule has 0 amide bonds. The summed E-state index contributed by atoms with van der Waals surface area (Å²) >= 11 is 0. The molecule has 0 heterocycles. The Morgan fingerprint density at radius 2 is 2.07 bits per heavy atom. The molecule has 0 fully saturated rings. The van der Waals surface area contributed by atoms with Gasteiger partial charge in [-0.15, -0.1) is 0 Å². The molecule has 14 heavy (non-hydrogen) atoms. The first-order chi connectivity index (χ1) is 6.80. The van der Waals surface area contributed by atoms with Crippen molar-refractivity contribution in [2.24, 2.45) is 0 Å². The van der Waals surface area contributed by atoms with Crippen LogP contribution in [-0.4, -0.2) is 6.04 Å². The molecule has 1 aromatic rings. The summed E-state index contributed by atoms with van der Waals surface area (Å²) in [5.74, 6) is 0. The first-order valence-electron chi connectivity index (χ1n) is 5.06. The lowest BCUT2D eigenvalue weighted by Gasteiger charge is -2.15. The third-order valence-corrected chi connectivity index (χ3v) is 2.35. The average molecular weight is 188 g/mol. The molecule has 2 nitrogen and oxygen atoms in total. The van der Waals surface area contributed by atoms with Crippen molar-refractivity contribution in [2.75, 3.05) is 5.32 Å². The fourth-order valence-electron chi connectivity index (χ4n) is 1.41. The second kappa shape index (κ2) is 5.29. The van der Waals surface area contributed by atoms with Gasteiger partial charge in [0, 0.05) is 11.7 Å². The Kier molecular flexibility index (Phi) is 4.00. The molecule has 0 radical (unpaired) electrons. The first kappa shape index (κ1) is 10.6. The summed E-state index contributed by atoms with van der Waals surface area (Å²) in [5.41, 5.74) is 1.75. The molecule has 2 heteroatoms. The van der Waals surface area contributed by atoms with Crippen molar-refractivity contribution in [3.05, 3.63) is 29.8 Å². The Morgan fingerprint density at radius 1 is 1.36 bits per heavy atom. The van der Waals surface area contributed by atoms with Crippen LogP contribution in [0.4, 0.5) is 5.69 Å². The van der Waals surface area contributed by atoms with Crippen LogP contribution in [0.25, 0.3) is 0 Å². The van der Waals surface area contributed by atoms with Crippen LogP contribution in [-0.2, 0) is 0 Å². The third-order valence-electron chi connectivity index (χ3n) is 2.35. The van der Waals surface area contributed by atoms with Crippen LogP contribution in [0.1, 0.15) is 32.3 Å². The number of nitrogens with zero attached hydrogens (tertiary/aromatic N) is 1. The van der Waals surface area contributed by atoms with Crippen LogP contribution in [0.5, 0.6) is 0 Å². The standard InChI is InChI=1S/C12H16N2/c1-3-11(4-2)14-12-7-5-6-10(8-12)9-13/h5-8,11,14H,3-4H2,1-2H3. The molecule has 0 aliphatic heterocycles. The zero-order valence-electron chi connectivity index (χ0n) is 8.75. The van der Waals surface area contributed by atoms with Gasteiger partial charge in [-0.2, -0.15) is 5.26 Å². The molecule has 0 spiro atoms. The molecular formula is C12H16N2. The molecule has 0 atom stereocenters. The number of hydrogen-bond donors (Lipinski definition) is 1. The number of nitrogens with one attached hydrogen (secondary N) is 1. The minimum atomic E-state index is 0.504. The van der Waals surface area contributed by atoms with E-state index in [0.717, 1.165) is 18.5 Å². The van der Waals surface area contributed by atoms with Crippen LogP contribution in [0, 0.1) is 11.3 Å². The third kappa shape index (κ3) is 2.77. The average Bonchev–Trinajstić information content (AvgIpc) is 2.26. The maximum atomic E-state index is 8.73. The summed E-state index contributed by atoms with van der Waals surface area (Å²) in [6, 6.07) is 10.3. The van der Waals surface area contributed by atoms with Crippen molar-refractivity contribution >= 4 is 5.69 Å². The zero-order chi connectivity index (χ0) is 10.4. The largest absolute Gasteiger partial charge is 0.382 e. The number of benzene rings is 1. The predicted molar refractivity (Wildman–Crippen MR) is 59.1 cm³/mol. The van der Waals surface area contributed by atoms with Gasteiger partial charge in [-0.05, 0) is 31.0 Å². The number of hydrogen-bond acceptors (Lipinski definition) is 2. The van der Waals surface area contributed by atoms with Gasteiger partial charge in [0.05, 0.1) is 11.6 Å². The quantitative estimate of drug-likeness (QED) is 0.787. The van der Waals surface area contributed by atoms with Crippen LogP contribution in [0.15, 0.2) is 24.3 Å². The number of rotatable bonds is 4. The Bertz CT molecular complexity index is 321. The second-order valence-electron chi connectivity index (χ2n) is 3.35. The highest BCUT2D eigenvalue weighted by Gasteiger charge is 2.02. The van der Waals surface area contributed by atoms with Crippen molar-refractivity contribution in [2.45, 2.75) is 32.7 Å². The Morgan fingerprint density at radius 3 is 2.64 bits per heavy atom. The van der Waals surface area contributed by atoms with E-state index in [1.54, 1.807) is 0 Å². The maximum Gasteiger partial charge on any atom is 0.0992 e. The highest BCUT2D eigenvalue weighted by molar-refractivity contribution is 5.49. The van der Waals surface area contributed by atoms with Gasteiger partial charge in [0.25, 0.3) is 0 Å². The first-order valence-corrected chi connectivity index (χ1v) is 5.06. The van der Waals surface area contributed by atoms with Gasteiger partial charge in [0.15, 0.2) is 0 Å². The molecule has 1 aromatic carbocycles. The highest BCUT2D eigenvalue weighted by Crippen LogP contribution is 2.13. The Balaban J connectivity index is 2.72. The van der Waals surface area contributed by atoms with Gasteiger partial charge < -0.3 is 5.32 Å². The van der Waals surface area contributed by atoms with E-state index in [0.29, 0.717) is 11.6 Å². The normalized spacial score (nSPS) is 9.86. The van der Waals surface area contributed by atoms with E-state index in [1.165, 1.54) is 0 Å². The van der Waals surface area contributed by atoms with E-state index in [1.807, 2.05) is 24.3 Å². The van der Waals surface area contributed by atoms with Gasteiger partial charge in [-0.1, -0.05) is 19.9 Å². The lowest BCUT2D eigenvalue weighted by molar-refractivity contribution is 0.672. The lowest BCUT2D eigenvalue weighted by atomic mass is 10.1. The minimum absolute atomic E-state index is 0.504. The number of nitriles is 1. The summed E-state index contributed by atoms with van der Waals surface area (Å²) in [5, 5.41) is 12.1. The summed E-state index contributed by atoms with van der Waals surface area (Å²) < 4.78 is 0.